The lowest BCUT2D eigenvalue weighted by molar-refractivity contribution is -0.135. The summed E-state index contributed by atoms with van der Waals surface area (Å²) in [5.41, 5.74) is 2.46. The molecule has 15 heavy (non-hydrogen) atoms. The molecule has 4 heteroatoms. The predicted octanol–water partition coefficient (Wildman–Crippen LogP) is 2.62. The summed E-state index contributed by atoms with van der Waals surface area (Å²) in [5, 5.41) is 9.82. The summed E-state index contributed by atoms with van der Waals surface area (Å²) in [5.74, 6) is 0.639. The fraction of sp³-hybridized carbons (Fsp3) is 0.364. The molecule has 0 saturated carbocycles. The normalized spacial score (nSPS) is 14.7. The van der Waals surface area contributed by atoms with Crippen LogP contribution in [-0.4, -0.2) is 11.1 Å². The number of carbonyl (C=O) groups excluding carboxylic acids is 1. The number of ether oxygens (including phenoxy) is 1. The number of hydrogen-bond donors (Lipinski definition) is 1. The van der Waals surface area contributed by atoms with Crippen molar-refractivity contribution in [3.63, 3.8) is 0 Å². The molecule has 0 fully saturated rings. The van der Waals surface area contributed by atoms with Gasteiger partial charge in [0, 0.05) is 5.56 Å². The number of esters is 1. The minimum absolute atomic E-state index is 0.206. The van der Waals surface area contributed by atoms with Gasteiger partial charge in [-0.05, 0) is 47.3 Å². The van der Waals surface area contributed by atoms with E-state index in [-0.39, 0.29) is 11.7 Å². The molecule has 1 N–H and O–H groups in total. The van der Waals surface area contributed by atoms with E-state index >= 15 is 0 Å². The molecule has 0 amide bonds. The zero-order valence-corrected chi connectivity index (χ0v) is 10.1. The van der Waals surface area contributed by atoms with Gasteiger partial charge in [0.15, 0.2) is 0 Å². The van der Waals surface area contributed by atoms with Crippen LogP contribution in [0.15, 0.2) is 4.47 Å². The Morgan fingerprint density at radius 1 is 1.27 bits per heavy atom. The van der Waals surface area contributed by atoms with Crippen LogP contribution in [0.5, 0.6) is 11.5 Å². The molecule has 2 rings (SSSR count). The van der Waals surface area contributed by atoms with Crippen molar-refractivity contribution in [3.8, 4) is 11.5 Å². The van der Waals surface area contributed by atoms with Gasteiger partial charge in [-0.25, -0.2) is 0 Å². The van der Waals surface area contributed by atoms with Crippen molar-refractivity contribution in [2.75, 3.05) is 0 Å². The second-order valence-corrected chi connectivity index (χ2v) is 4.49. The standard InChI is InChI=1S/C11H11BrO3/c1-5-6(2)11-7(9(12)10(5)14)3-4-8(13)15-11/h14H,3-4H2,1-2H3. The van der Waals surface area contributed by atoms with Gasteiger partial charge < -0.3 is 9.84 Å². The van der Waals surface area contributed by atoms with Crippen molar-refractivity contribution < 1.29 is 14.6 Å². The number of benzene rings is 1. The molecule has 0 bridgehead atoms. The molecule has 1 aromatic carbocycles. The van der Waals surface area contributed by atoms with Gasteiger partial charge in [-0.1, -0.05) is 0 Å². The van der Waals surface area contributed by atoms with Crippen LogP contribution in [-0.2, 0) is 11.2 Å². The Labute approximate surface area is 96.2 Å². The molecular weight excluding hydrogens is 260 g/mol. The number of aromatic hydroxyl groups is 1. The molecule has 1 heterocycles. The first-order valence-corrected chi connectivity index (χ1v) is 5.53. The Morgan fingerprint density at radius 2 is 1.93 bits per heavy atom. The Morgan fingerprint density at radius 3 is 2.60 bits per heavy atom. The molecule has 0 spiro atoms. The van der Waals surface area contributed by atoms with Gasteiger partial charge >= 0.3 is 5.97 Å². The number of halogens is 1. The largest absolute Gasteiger partial charge is 0.506 e. The average molecular weight is 271 g/mol. The van der Waals surface area contributed by atoms with E-state index in [1.807, 2.05) is 6.92 Å². The summed E-state index contributed by atoms with van der Waals surface area (Å²) in [4.78, 5) is 11.2. The molecule has 0 saturated heterocycles. The highest BCUT2D eigenvalue weighted by Crippen LogP contribution is 2.43. The third-order valence-electron chi connectivity index (χ3n) is 2.80. The lowest BCUT2D eigenvalue weighted by atomic mass is 9.98. The highest BCUT2D eigenvalue weighted by Gasteiger charge is 2.25. The van der Waals surface area contributed by atoms with E-state index in [4.69, 9.17) is 4.74 Å². The maximum absolute atomic E-state index is 11.2. The van der Waals surface area contributed by atoms with E-state index < -0.39 is 0 Å². The molecule has 0 atom stereocenters. The van der Waals surface area contributed by atoms with E-state index in [1.165, 1.54) is 0 Å². The van der Waals surface area contributed by atoms with Crippen LogP contribution >= 0.6 is 15.9 Å². The SMILES string of the molecule is Cc1c(C)c2c(c(Br)c1O)CCC(=O)O2. The fourth-order valence-corrected chi connectivity index (χ4v) is 2.41. The number of rotatable bonds is 0. The summed E-state index contributed by atoms with van der Waals surface area (Å²) < 4.78 is 5.85. The van der Waals surface area contributed by atoms with Crippen molar-refractivity contribution in [2.24, 2.45) is 0 Å². The Balaban J connectivity index is 2.70. The van der Waals surface area contributed by atoms with Crippen LogP contribution in [0, 0.1) is 13.8 Å². The third-order valence-corrected chi connectivity index (χ3v) is 3.65. The maximum Gasteiger partial charge on any atom is 0.311 e. The highest BCUT2D eigenvalue weighted by molar-refractivity contribution is 9.10. The van der Waals surface area contributed by atoms with Crippen molar-refractivity contribution in [1.29, 1.82) is 0 Å². The second-order valence-electron chi connectivity index (χ2n) is 3.69. The molecule has 1 aliphatic rings. The third kappa shape index (κ3) is 1.53. The minimum atomic E-state index is -0.206. The van der Waals surface area contributed by atoms with E-state index in [0.717, 1.165) is 16.7 Å². The first-order valence-electron chi connectivity index (χ1n) is 4.73. The molecule has 3 nitrogen and oxygen atoms in total. The topological polar surface area (TPSA) is 46.5 Å². The van der Waals surface area contributed by atoms with Crippen molar-refractivity contribution in [3.05, 3.63) is 21.2 Å². The summed E-state index contributed by atoms with van der Waals surface area (Å²) >= 11 is 3.33. The zero-order chi connectivity index (χ0) is 11.2. The smallest absolute Gasteiger partial charge is 0.311 e. The van der Waals surface area contributed by atoms with Gasteiger partial charge in [-0.15, -0.1) is 0 Å². The Hall–Kier alpha value is -1.03. The first kappa shape index (κ1) is 10.5. The van der Waals surface area contributed by atoms with Crippen molar-refractivity contribution >= 4 is 21.9 Å². The van der Waals surface area contributed by atoms with Crippen LogP contribution in [0.4, 0.5) is 0 Å². The molecule has 0 unspecified atom stereocenters. The zero-order valence-electron chi connectivity index (χ0n) is 8.56. The van der Waals surface area contributed by atoms with Crippen LogP contribution in [0.2, 0.25) is 0 Å². The van der Waals surface area contributed by atoms with Crippen LogP contribution in [0.1, 0.15) is 23.1 Å². The molecular formula is C11H11BrO3. The summed E-state index contributed by atoms with van der Waals surface area (Å²) in [7, 11) is 0. The quantitative estimate of drug-likeness (QED) is 0.582. The van der Waals surface area contributed by atoms with E-state index in [0.29, 0.717) is 23.1 Å². The fourth-order valence-electron chi connectivity index (χ4n) is 1.73. The van der Waals surface area contributed by atoms with Crippen LogP contribution in [0.25, 0.3) is 0 Å². The van der Waals surface area contributed by atoms with Gasteiger partial charge in [-0.3, -0.25) is 4.79 Å². The van der Waals surface area contributed by atoms with Gasteiger partial charge in [-0.2, -0.15) is 0 Å². The van der Waals surface area contributed by atoms with Crippen molar-refractivity contribution in [1.82, 2.24) is 0 Å². The molecule has 0 aromatic heterocycles. The predicted molar refractivity (Wildman–Crippen MR) is 59.2 cm³/mol. The molecule has 0 radical (unpaired) electrons. The summed E-state index contributed by atoms with van der Waals surface area (Å²) in [6.07, 6.45) is 0.983. The molecule has 1 aromatic rings. The average Bonchev–Trinajstić information content (AvgIpc) is 2.23. The Kier molecular flexibility index (Phi) is 2.46. The van der Waals surface area contributed by atoms with Crippen LogP contribution in [0.3, 0.4) is 0 Å². The van der Waals surface area contributed by atoms with Gasteiger partial charge in [0.2, 0.25) is 0 Å². The number of fused-ring (bicyclic) bond motifs is 1. The maximum atomic E-state index is 11.2. The number of phenols is 1. The second kappa shape index (κ2) is 3.52. The Bertz CT molecular complexity index is 452. The monoisotopic (exact) mass is 270 g/mol. The van der Waals surface area contributed by atoms with Gasteiger partial charge in [0.1, 0.15) is 11.5 Å². The number of hydrogen-bond acceptors (Lipinski definition) is 3. The molecule has 80 valence electrons. The molecule has 1 aliphatic heterocycles. The van der Waals surface area contributed by atoms with Crippen molar-refractivity contribution in [2.45, 2.75) is 26.7 Å². The minimum Gasteiger partial charge on any atom is -0.506 e. The highest BCUT2D eigenvalue weighted by atomic mass is 79.9. The van der Waals surface area contributed by atoms with E-state index in [9.17, 15) is 9.90 Å². The molecule has 0 aliphatic carbocycles. The summed E-state index contributed by atoms with van der Waals surface area (Å²) in [6.45, 7) is 3.65. The number of carbonyl (C=O) groups is 1. The lowest BCUT2D eigenvalue weighted by Gasteiger charge is -2.21. The number of phenolic OH excluding ortho intramolecular Hbond substituents is 1. The summed E-state index contributed by atoms with van der Waals surface area (Å²) in [6, 6.07) is 0. The first-order chi connectivity index (χ1) is 7.02. The van der Waals surface area contributed by atoms with Gasteiger partial charge in [0.05, 0.1) is 10.9 Å². The van der Waals surface area contributed by atoms with Crippen LogP contribution < -0.4 is 4.74 Å². The van der Waals surface area contributed by atoms with E-state index in [2.05, 4.69) is 15.9 Å². The van der Waals surface area contributed by atoms with E-state index in [1.54, 1.807) is 6.92 Å². The lowest BCUT2D eigenvalue weighted by Crippen LogP contribution is -2.17. The van der Waals surface area contributed by atoms with Gasteiger partial charge in [0.25, 0.3) is 0 Å².